The Bertz CT molecular complexity index is 1280. The minimum atomic E-state index is -0.408. The minimum Gasteiger partial charge on any atom is -0.422 e. The molecule has 0 atom stereocenters. The average molecular weight is 414 g/mol. The van der Waals surface area contributed by atoms with Crippen LogP contribution in [0, 0.1) is 0 Å². The number of nitrogens with one attached hydrogen (secondary N) is 1. The predicted octanol–water partition coefficient (Wildman–Crippen LogP) is 1.81. The largest absolute Gasteiger partial charge is 0.422 e. The molecule has 1 aliphatic rings. The average Bonchev–Trinajstić information content (AvgIpc) is 3.23. The molecule has 0 aliphatic carbocycles. The van der Waals surface area contributed by atoms with E-state index in [1.54, 1.807) is 17.0 Å². The molecule has 0 bridgehead atoms. The molecule has 156 valence electrons. The second kappa shape index (κ2) is 8.20. The Morgan fingerprint density at radius 2 is 1.81 bits per heavy atom. The molecule has 2 aromatic carbocycles. The Labute approximate surface area is 179 Å². The molecule has 0 amide bonds. The predicted molar refractivity (Wildman–Crippen MR) is 121 cm³/mol. The summed E-state index contributed by atoms with van der Waals surface area (Å²) in [6.07, 6.45) is 3.71. The number of fused-ring (bicyclic) bond motifs is 1. The van der Waals surface area contributed by atoms with Gasteiger partial charge in [-0.2, -0.15) is 10.2 Å². The summed E-state index contributed by atoms with van der Waals surface area (Å²) in [4.78, 5) is 14.3. The smallest absolute Gasteiger partial charge is 0.345 e. The Balaban J connectivity index is 1.59. The highest BCUT2D eigenvalue weighted by molar-refractivity contribution is 5.90. The number of hydrazone groups is 1. The van der Waals surface area contributed by atoms with Crippen molar-refractivity contribution in [2.75, 3.05) is 33.2 Å². The molecule has 3 heterocycles. The Hall–Kier alpha value is -3.71. The van der Waals surface area contributed by atoms with Gasteiger partial charge in [0, 0.05) is 17.1 Å². The van der Waals surface area contributed by atoms with E-state index >= 15 is 0 Å². The highest BCUT2D eigenvalue weighted by Crippen LogP contribution is 2.23. The van der Waals surface area contributed by atoms with Crippen LogP contribution in [0.25, 0.3) is 27.9 Å². The summed E-state index contributed by atoms with van der Waals surface area (Å²) in [7, 11) is 2.20. The third-order valence-corrected chi connectivity index (χ3v) is 5.61. The van der Waals surface area contributed by atoms with Crippen molar-refractivity contribution < 1.29 is 9.32 Å². The van der Waals surface area contributed by atoms with Gasteiger partial charge in [-0.25, -0.2) is 9.48 Å². The van der Waals surface area contributed by atoms with Gasteiger partial charge in [0.25, 0.3) is 0 Å². The normalized spacial score (nSPS) is 15.2. The molecule has 7 heteroatoms. The van der Waals surface area contributed by atoms with Crippen molar-refractivity contribution >= 4 is 17.2 Å². The number of hydrogen-bond acceptors (Lipinski definition) is 5. The Kier molecular flexibility index (Phi) is 5.09. The number of hydrogen-bond donors (Lipinski definition) is 1. The van der Waals surface area contributed by atoms with Gasteiger partial charge in [-0.05, 0) is 24.3 Å². The van der Waals surface area contributed by atoms with Crippen LogP contribution < -0.4 is 10.5 Å². The van der Waals surface area contributed by atoms with Crippen LogP contribution in [0.1, 0.15) is 5.56 Å². The summed E-state index contributed by atoms with van der Waals surface area (Å²) in [5, 5.41) is 12.3. The first-order valence-electron chi connectivity index (χ1n) is 10.5. The highest BCUT2D eigenvalue weighted by Gasteiger charge is 2.18. The van der Waals surface area contributed by atoms with Gasteiger partial charge in [0.15, 0.2) is 0 Å². The van der Waals surface area contributed by atoms with Gasteiger partial charge in [0.2, 0.25) is 0 Å². The monoisotopic (exact) mass is 414 g/mol. The SMILES string of the molecule is C[NH+]1CCN(/N=C\c2cn(-c3ccccc3)nc2-c2cc3ccccc3oc2=O)CC1. The number of nitrogens with zero attached hydrogens (tertiary/aromatic N) is 4. The van der Waals surface area contributed by atoms with E-state index in [0.29, 0.717) is 16.8 Å². The maximum absolute atomic E-state index is 12.8. The van der Waals surface area contributed by atoms with Crippen molar-refractivity contribution in [3.8, 4) is 16.9 Å². The van der Waals surface area contributed by atoms with Crippen molar-refractivity contribution in [2.45, 2.75) is 0 Å². The molecule has 5 rings (SSSR count). The molecule has 2 aromatic heterocycles. The lowest BCUT2D eigenvalue weighted by Gasteiger charge is -2.27. The third-order valence-electron chi connectivity index (χ3n) is 5.61. The topological polar surface area (TPSA) is 68.1 Å². The van der Waals surface area contributed by atoms with Crippen LogP contribution in [0.2, 0.25) is 0 Å². The second-order valence-electron chi connectivity index (χ2n) is 7.85. The number of para-hydroxylation sites is 2. The van der Waals surface area contributed by atoms with Gasteiger partial charge in [0.1, 0.15) is 11.3 Å². The molecule has 0 radical (unpaired) electrons. The van der Waals surface area contributed by atoms with Crippen LogP contribution in [-0.2, 0) is 0 Å². The van der Waals surface area contributed by atoms with Gasteiger partial charge in [-0.1, -0.05) is 36.4 Å². The number of rotatable bonds is 4. The van der Waals surface area contributed by atoms with Gasteiger partial charge < -0.3 is 9.32 Å². The third kappa shape index (κ3) is 4.00. The summed E-state index contributed by atoms with van der Waals surface area (Å²) in [5.74, 6) is 0. The van der Waals surface area contributed by atoms with E-state index in [1.807, 2.05) is 60.8 Å². The lowest BCUT2D eigenvalue weighted by Crippen LogP contribution is -3.11. The van der Waals surface area contributed by atoms with Crippen LogP contribution in [0.5, 0.6) is 0 Å². The van der Waals surface area contributed by atoms with Crippen molar-refractivity contribution in [3.63, 3.8) is 0 Å². The zero-order chi connectivity index (χ0) is 21.2. The van der Waals surface area contributed by atoms with Crippen LogP contribution in [0.15, 0.2) is 81.2 Å². The van der Waals surface area contributed by atoms with Gasteiger partial charge in [-0.3, -0.25) is 5.01 Å². The van der Waals surface area contributed by atoms with Gasteiger partial charge >= 0.3 is 5.63 Å². The molecule has 4 aromatic rings. The number of piperazine rings is 1. The summed E-state index contributed by atoms with van der Waals surface area (Å²) in [5.41, 5.74) is 2.84. The Morgan fingerprint density at radius 1 is 1.06 bits per heavy atom. The van der Waals surface area contributed by atoms with Crippen LogP contribution in [0.4, 0.5) is 0 Å². The highest BCUT2D eigenvalue weighted by atomic mass is 16.4. The van der Waals surface area contributed by atoms with E-state index in [9.17, 15) is 4.79 Å². The van der Waals surface area contributed by atoms with Crippen molar-refractivity contribution in [2.24, 2.45) is 5.10 Å². The second-order valence-corrected chi connectivity index (χ2v) is 7.85. The van der Waals surface area contributed by atoms with E-state index in [1.165, 1.54) is 4.90 Å². The van der Waals surface area contributed by atoms with Crippen LogP contribution in [-0.4, -0.2) is 54.2 Å². The molecule has 0 unspecified atom stereocenters. The summed E-state index contributed by atoms with van der Waals surface area (Å²) in [6.45, 7) is 3.93. The quantitative estimate of drug-likeness (QED) is 0.409. The summed E-state index contributed by atoms with van der Waals surface area (Å²) in [6, 6.07) is 19.2. The molecule has 0 saturated carbocycles. The molecular formula is C24H24N5O2+. The van der Waals surface area contributed by atoms with Crippen molar-refractivity contribution in [3.05, 3.63) is 82.8 Å². The zero-order valence-corrected chi connectivity index (χ0v) is 17.4. The fourth-order valence-corrected chi connectivity index (χ4v) is 3.77. The lowest BCUT2D eigenvalue weighted by atomic mass is 10.1. The molecule has 1 N–H and O–H groups in total. The summed E-state index contributed by atoms with van der Waals surface area (Å²) >= 11 is 0. The maximum atomic E-state index is 12.8. The fraction of sp³-hybridized carbons (Fsp3) is 0.208. The first-order valence-corrected chi connectivity index (χ1v) is 10.5. The van der Waals surface area contributed by atoms with Gasteiger partial charge in [-0.15, -0.1) is 0 Å². The van der Waals surface area contributed by atoms with Gasteiger partial charge in [0.05, 0.1) is 50.7 Å². The first kappa shape index (κ1) is 19.3. The lowest BCUT2D eigenvalue weighted by molar-refractivity contribution is -0.884. The van der Waals surface area contributed by atoms with E-state index in [4.69, 9.17) is 9.52 Å². The first-order chi connectivity index (χ1) is 15.2. The Morgan fingerprint density at radius 3 is 2.61 bits per heavy atom. The molecular weight excluding hydrogens is 390 g/mol. The van der Waals surface area contributed by atoms with E-state index in [-0.39, 0.29) is 0 Å². The van der Waals surface area contributed by atoms with Crippen molar-refractivity contribution in [1.82, 2.24) is 14.8 Å². The number of quaternary nitrogens is 1. The van der Waals surface area contributed by atoms with E-state index in [2.05, 4.69) is 17.2 Å². The number of likely N-dealkylation sites (N-methyl/N-ethyl adjacent to an activating group) is 1. The van der Waals surface area contributed by atoms with E-state index < -0.39 is 5.63 Å². The molecule has 31 heavy (non-hydrogen) atoms. The van der Waals surface area contributed by atoms with Crippen LogP contribution in [0.3, 0.4) is 0 Å². The van der Waals surface area contributed by atoms with Crippen molar-refractivity contribution in [1.29, 1.82) is 0 Å². The zero-order valence-electron chi connectivity index (χ0n) is 17.4. The molecule has 7 nitrogen and oxygen atoms in total. The number of benzene rings is 2. The minimum absolute atomic E-state index is 0.408. The maximum Gasteiger partial charge on any atom is 0.345 e. The standard InChI is InChI=1S/C24H23N5O2/c1-27-11-13-28(14-12-27)25-16-19-17-29(20-8-3-2-4-9-20)26-23(19)21-15-18-7-5-6-10-22(18)31-24(21)30/h2-10,15-17H,11-14H2,1H3/p+1/b25-16-. The number of aromatic nitrogens is 2. The fourth-order valence-electron chi connectivity index (χ4n) is 3.77. The molecule has 1 aliphatic heterocycles. The van der Waals surface area contributed by atoms with E-state index in [0.717, 1.165) is 42.8 Å². The summed E-state index contributed by atoms with van der Waals surface area (Å²) < 4.78 is 7.34. The molecule has 0 spiro atoms. The van der Waals surface area contributed by atoms with Crippen LogP contribution >= 0.6 is 0 Å². The molecule has 1 saturated heterocycles. The molecule has 1 fully saturated rings.